The molecule has 0 atom stereocenters. The van der Waals surface area contributed by atoms with E-state index in [1.807, 2.05) is 0 Å². The summed E-state index contributed by atoms with van der Waals surface area (Å²) < 4.78 is 43.9. The van der Waals surface area contributed by atoms with Gasteiger partial charge in [0.05, 0.1) is 0 Å². The van der Waals surface area contributed by atoms with Crippen molar-refractivity contribution >= 4 is 25.1 Å². The summed E-state index contributed by atoms with van der Waals surface area (Å²) in [6.07, 6.45) is 0.336. The van der Waals surface area contributed by atoms with Crippen molar-refractivity contribution < 1.29 is 36.4 Å². The molecule has 12 heteroatoms. The van der Waals surface area contributed by atoms with E-state index in [9.17, 15) is 26.9 Å². The molecule has 1 rings (SSSR count). The van der Waals surface area contributed by atoms with Crippen molar-refractivity contribution in [3.8, 4) is 0 Å². The molecule has 122 valence electrons. The third-order valence-electron chi connectivity index (χ3n) is 1.96. The highest BCUT2D eigenvalue weighted by atomic mass is 19.5. The second-order valence-corrected chi connectivity index (χ2v) is 4.31. The van der Waals surface area contributed by atoms with Crippen LogP contribution in [-0.2, 0) is 14.6 Å². The molecule has 0 N–H and O–H groups in total. The van der Waals surface area contributed by atoms with Gasteiger partial charge in [-0.25, -0.2) is 0 Å². The van der Waals surface area contributed by atoms with Gasteiger partial charge in [0.15, 0.2) is 0 Å². The summed E-state index contributed by atoms with van der Waals surface area (Å²) in [5, 5.41) is 0.646. The molecular weight excluding hydrogens is 301 g/mol. The molecule has 1 aliphatic rings. The van der Waals surface area contributed by atoms with E-state index in [1.54, 1.807) is 38.0 Å². The fraction of sp³-hybridized carbons (Fsp3) is 0.667. The van der Waals surface area contributed by atoms with Gasteiger partial charge in [0.1, 0.15) is 4.58 Å². The minimum absolute atomic E-state index is 0.168. The molecule has 0 aromatic heterocycles. The first kappa shape index (κ1) is 19.0. The Kier molecular flexibility index (Phi) is 6.96. The number of rotatable bonds is 2. The third-order valence-corrected chi connectivity index (χ3v) is 1.96. The van der Waals surface area contributed by atoms with E-state index in [0.717, 1.165) is 0 Å². The van der Waals surface area contributed by atoms with Gasteiger partial charge in [-0.3, -0.25) is 19.4 Å². The number of hydroxylamine groups is 2. The topological polar surface area (TPSA) is 64.4 Å². The zero-order valence-electron chi connectivity index (χ0n) is 12.0. The van der Waals surface area contributed by atoms with Crippen LogP contribution in [0.25, 0.3) is 0 Å². The minimum Gasteiger partial charge on any atom is -0.418 e. The van der Waals surface area contributed by atoms with Crippen LogP contribution in [0.1, 0.15) is 12.8 Å². The summed E-state index contributed by atoms with van der Waals surface area (Å²) in [5.74, 6) is -0.774. The molecule has 1 saturated heterocycles. The molecule has 0 aromatic carbocycles. The first-order valence-corrected chi connectivity index (χ1v) is 5.72. The number of imide groups is 1. The van der Waals surface area contributed by atoms with Crippen LogP contribution in [0.2, 0.25) is 0 Å². The molecule has 0 radical (unpaired) electrons. The highest BCUT2D eigenvalue weighted by Gasteiger charge is 2.36. The Balaban J connectivity index is 0.000000690. The van der Waals surface area contributed by atoms with E-state index < -0.39 is 7.25 Å². The van der Waals surface area contributed by atoms with Gasteiger partial charge in [-0.05, 0) is 5.06 Å². The fourth-order valence-corrected chi connectivity index (χ4v) is 1.26. The van der Waals surface area contributed by atoms with Crippen LogP contribution >= 0.6 is 0 Å². The lowest BCUT2D eigenvalue weighted by Crippen LogP contribution is -2.36. The van der Waals surface area contributed by atoms with Crippen molar-refractivity contribution in [2.75, 3.05) is 28.2 Å². The van der Waals surface area contributed by atoms with Crippen LogP contribution in [0, 0.1) is 0 Å². The highest BCUT2D eigenvalue weighted by molar-refractivity contribution is 6.50. The van der Waals surface area contributed by atoms with Crippen molar-refractivity contribution in [3.05, 3.63) is 0 Å². The molecule has 0 bridgehead atoms. The zero-order valence-corrected chi connectivity index (χ0v) is 12.0. The second-order valence-electron chi connectivity index (χ2n) is 4.31. The second kappa shape index (κ2) is 7.69. The normalized spacial score (nSPS) is 14.4. The standard InChI is InChI=1S/C9H16N3O4.BF4/c1-10(2)9(11(3)4)15-16-12-7(13)5-6-8(12)14;2-1(3,4)5/h5-6H2,1-4H3;/q+1;-1. The smallest absolute Gasteiger partial charge is 0.418 e. The van der Waals surface area contributed by atoms with Crippen molar-refractivity contribution in [1.82, 2.24) is 14.9 Å². The van der Waals surface area contributed by atoms with Crippen LogP contribution in [0.4, 0.5) is 21.8 Å². The number of hydrogen-bond acceptors (Lipinski definition) is 3. The summed E-state index contributed by atoms with van der Waals surface area (Å²) >= 11 is 0. The highest BCUT2D eigenvalue weighted by Crippen LogP contribution is 2.13. The molecule has 21 heavy (non-hydrogen) atoms. The summed E-state index contributed by atoms with van der Waals surface area (Å²) in [6.45, 7) is 0. The number of carbonyl (C=O) groups excluding carboxylic acids is 3. The molecule has 0 aromatic rings. The maximum absolute atomic E-state index is 11.2. The predicted octanol–water partition coefficient (Wildman–Crippen LogP) is 1.06. The van der Waals surface area contributed by atoms with Crippen molar-refractivity contribution in [2.24, 2.45) is 0 Å². The maximum atomic E-state index is 11.2. The lowest BCUT2D eigenvalue weighted by Gasteiger charge is -2.09. The van der Waals surface area contributed by atoms with E-state index in [0.29, 0.717) is 11.1 Å². The van der Waals surface area contributed by atoms with Crippen LogP contribution in [0.3, 0.4) is 0 Å². The number of hydrogen-bond donors (Lipinski definition) is 0. The van der Waals surface area contributed by atoms with Crippen LogP contribution in [0.15, 0.2) is 0 Å². The monoisotopic (exact) mass is 317 g/mol. The SMILES string of the molecule is CN(C)C(=[O+]ON1C(=O)CCC1=O)N(C)C.F[B-](F)(F)F. The third kappa shape index (κ3) is 8.00. The van der Waals surface area contributed by atoms with Gasteiger partial charge < -0.3 is 17.3 Å². The molecule has 0 spiro atoms. The van der Waals surface area contributed by atoms with E-state index >= 15 is 0 Å². The summed E-state index contributed by atoms with van der Waals surface area (Å²) in [7, 11) is 1.03. The number of urea groups is 1. The molecule has 1 heterocycles. The summed E-state index contributed by atoms with van der Waals surface area (Å²) in [6, 6.07) is 0.382. The van der Waals surface area contributed by atoms with Crippen molar-refractivity contribution in [3.63, 3.8) is 0 Å². The Morgan fingerprint density at radius 1 is 1.05 bits per heavy atom. The maximum Gasteiger partial charge on any atom is 0.673 e. The Labute approximate surface area is 118 Å². The minimum atomic E-state index is -6.00. The summed E-state index contributed by atoms with van der Waals surface area (Å²) in [4.78, 5) is 30.4. The van der Waals surface area contributed by atoms with E-state index in [4.69, 9.17) is 9.56 Å². The molecule has 4 amide bonds. The first-order valence-electron chi connectivity index (χ1n) is 5.72. The largest absolute Gasteiger partial charge is 0.673 e. The first-order chi connectivity index (χ1) is 9.43. The zero-order chi connectivity index (χ0) is 16.8. The lowest BCUT2D eigenvalue weighted by molar-refractivity contribution is -0.582. The van der Waals surface area contributed by atoms with Gasteiger partial charge in [0.2, 0.25) is 0 Å². The van der Waals surface area contributed by atoms with E-state index in [-0.39, 0.29) is 24.7 Å². The van der Waals surface area contributed by atoms with Gasteiger partial charge in [-0.2, -0.15) is 0 Å². The number of amides is 4. The van der Waals surface area contributed by atoms with Crippen LogP contribution in [-0.4, -0.2) is 68.2 Å². The summed E-state index contributed by atoms with van der Waals surface area (Å²) in [5.41, 5.74) is 0. The Bertz CT molecular complexity index is 382. The number of carbonyl (C=O) groups is 2. The number of halogens is 4. The van der Waals surface area contributed by atoms with Crippen LogP contribution in [0.5, 0.6) is 0 Å². The molecule has 0 unspecified atom stereocenters. The Morgan fingerprint density at radius 3 is 1.67 bits per heavy atom. The van der Waals surface area contributed by atoms with E-state index in [2.05, 4.69) is 0 Å². The number of nitrogens with zero attached hydrogens (tertiary/aromatic N) is 3. The van der Waals surface area contributed by atoms with Crippen LogP contribution < -0.4 is 0 Å². The van der Waals surface area contributed by atoms with Crippen molar-refractivity contribution in [1.29, 1.82) is 0 Å². The van der Waals surface area contributed by atoms with Gasteiger partial charge in [-0.15, -0.1) is 0 Å². The Morgan fingerprint density at radius 2 is 1.38 bits per heavy atom. The molecule has 1 aliphatic heterocycles. The molecule has 1 fully saturated rings. The molecule has 0 saturated carbocycles. The van der Waals surface area contributed by atoms with Gasteiger partial charge >= 0.3 is 13.3 Å². The average molecular weight is 317 g/mol. The van der Waals surface area contributed by atoms with E-state index in [1.165, 1.54) is 0 Å². The lowest BCUT2D eigenvalue weighted by atomic mass is 10.3. The average Bonchev–Trinajstić information content (AvgIpc) is 2.57. The fourth-order valence-electron chi connectivity index (χ4n) is 1.26. The van der Waals surface area contributed by atoms with Gasteiger partial charge in [0.25, 0.3) is 11.8 Å². The van der Waals surface area contributed by atoms with Gasteiger partial charge in [0, 0.05) is 46.0 Å². The Hall–Kier alpha value is -2.01. The quantitative estimate of drug-likeness (QED) is 0.191. The molecular formula is C9H16BF4N3O4. The molecule has 7 nitrogen and oxygen atoms in total. The molecule has 0 aliphatic carbocycles. The van der Waals surface area contributed by atoms with Gasteiger partial charge in [-0.1, -0.05) is 0 Å². The predicted molar refractivity (Wildman–Crippen MR) is 65.1 cm³/mol. The van der Waals surface area contributed by atoms with Crippen molar-refractivity contribution in [2.45, 2.75) is 12.8 Å².